The largest absolute Gasteiger partial charge is 0.303 e. The van der Waals surface area contributed by atoms with Crippen LogP contribution in [-0.4, -0.2) is 6.29 Å². The molecular weight excluding hydrogens is 240 g/mol. The maximum absolute atomic E-state index is 10.6. The average Bonchev–Trinajstić information content (AvgIpc) is 2.99. The summed E-state index contributed by atoms with van der Waals surface area (Å²) in [6, 6.07) is 8.23. The standard InChI is InChI=1S/C12H13BrO/c13-12-4-2-1-3-11(12)10(7-8-14)9-5-6-9/h1-4,8-10H,5-7H2. The van der Waals surface area contributed by atoms with E-state index in [1.807, 2.05) is 12.1 Å². The molecule has 0 N–H and O–H groups in total. The average molecular weight is 253 g/mol. The zero-order valence-electron chi connectivity index (χ0n) is 7.95. The first-order valence-electron chi connectivity index (χ1n) is 5.01. The fraction of sp³-hybridized carbons (Fsp3) is 0.417. The van der Waals surface area contributed by atoms with Crippen LogP contribution in [0.5, 0.6) is 0 Å². The van der Waals surface area contributed by atoms with Crippen LogP contribution in [-0.2, 0) is 4.79 Å². The summed E-state index contributed by atoms with van der Waals surface area (Å²) in [6.45, 7) is 0. The molecule has 1 aromatic carbocycles. The second-order valence-corrected chi connectivity index (χ2v) is 4.72. The van der Waals surface area contributed by atoms with Gasteiger partial charge in [-0.15, -0.1) is 0 Å². The number of halogens is 1. The molecule has 1 fully saturated rings. The van der Waals surface area contributed by atoms with Gasteiger partial charge in [0.15, 0.2) is 0 Å². The minimum absolute atomic E-state index is 0.433. The SMILES string of the molecule is O=CCC(c1ccccc1Br)C1CC1. The lowest BCUT2D eigenvalue weighted by atomic mass is 9.92. The van der Waals surface area contributed by atoms with Gasteiger partial charge < -0.3 is 4.79 Å². The third-order valence-corrected chi connectivity index (χ3v) is 3.57. The molecular formula is C12H13BrO. The monoisotopic (exact) mass is 252 g/mol. The number of hydrogen-bond acceptors (Lipinski definition) is 1. The second kappa shape index (κ2) is 4.26. The van der Waals surface area contributed by atoms with Crippen molar-refractivity contribution in [2.24, 2.45) is 5.92 Å². The third-order valence-electron chi connectivity index (χ3n) is 2.85. The summed E-state index contributed by atoms with van der Waals surface area (Å²) >= 11 is 3.55. The number of rotatable bonds is 4. The summed E-state index contributed by atoms with van der Waals surface area (Å²) < 4.78 is 1.14. The molecule has 0 heterocycles. The van der Waals surface area contributed by atoms with Crippen molar-refractivity contribution in [2.45, 2.75) is 25.2 Å². The molecule has 1 aromatic rings. The summed E-state index contributed by atoms with van der Waals surface area (Å²) in [4.78, 5) is 10.6. The van der Waals surface area contributed by atoms with E-state index in [9.17, 15) is 4.79 Å². The van der Waals surface area contributed by atoms with Crippen molar-refractivity contribution >= 4 is 22.2 Å². The normalized spacial score (nSPS) is 17.8. The molecule has 14 heavy (non-hydrogen) atoms. The summed E-state index contributed by atoms with van der Waals surface area (Å²) in [5.74, 6) is 1.17. The van der Waals surface area contributed by atoms with E-state index in [2.05, 4.69) is 28.1 Å². The molecule has 2 rings (SSSR count). The first-order valence-corrected chi connectivity index (χ1v) is 5.80. The van der Waals surface area contributed by atoms with Crippen LogP contribution in [0.25, 0.3) is 0 Å². The third kappa shape index (κ3) is 2.06. The lowest BCUT2D eigenvalue weighted by Gasteiger charge is -2.15. The van der Waals surface area contributed by atoms with Crippen LogP contribution < -0.4 is 0 Å². The van der Waals surface area contributed by atoms with E-state index >= 15 is 0 Å². The van der Waals surface area contributed by atoms with Gasteiger partial charge in [0, 0.05) is 10.9 Å². The van der Waals surface area contributed by atoms with Gasteiger partial charge in [0.25, 0.3) is 0 Å². The van der Waals surface area contributed by atoms with Gasteiger partial charge in [0.1, 0.15) is 6.29 Å². The molecule has 1 atom stereocenters. The molecule has 0 aromatic heterocycles. The Morgan fingerprint density at radius 3 is 2.71 bits per heavy atom. The second-order valence-electron chi connectivity index (χ2n) is 3.87. The highest BCUT2D eigenvalue weighted by molar-refractivity contribution is 9.10. The predicted octanol–water partition coefficient (Wildman–Crippen LogP) is 3.53. The molecule has 0 bridgehead atoms. The minimum atomic E-state index is 0.433. The number of carbonyl (C=O) groups is 1. The van der Waals surface area contributed by atoms with Gasteiger partial charge in [-0.25, -0.2) is 0 Å². The smallest absolute Gasteiger partial charge is 0.120 e. The Balaban J connectivity index is 2.25. The van der Waals surface area contributed by atoms with Gasteiger partial charge in [-0.3, -0.25) is 0 Å². The Bertz CT molecular complexity index is 331. The highest BCUT2D eigenvalue weighted by atomic mass is 79.9. The molecule has 1 aliphatic rings. The van der Waals surface area contributed by atoms with Gasteiger partial charge >= 0.3 is 0 Å². The predicted molar refractivity (Wildman–Crippen MR) is 60.3 cm³/mol. The number of benzene rings is 1. The van der Waals surface area contributed by atoms with Crippen molar-refractivity contribution in [1.29, 1.82) is 0 Å². The topological polar surface area (TPSA) is 17.1 Å². The van der Waals surface area contributed by atoms with E-state index < -0.39 is 0 Å². The molecule has 2 heteroatoms. The summed E-state index contributed by atoms with van der Waals surface area (Å²) in [5, 5.41) is 0. The van der Waals surface area contributed by atoms with Gasteiger partial charge in [0.2, 0.25) is 0 Å². The van der Waals surface area contributed by atoms with Crippen molar-refractivity contribution in [1.82, 2.24) is 0 Å². The van der Waals surface area contributed by atoms with E-state index in [-0.39, 0.29) is 0 Å². The van der Waals surface area contributed by atoms with Gasteiger partial charge in [0.05, 0.1) is 0 Å². The summed E-state index contributed by atoms with van der Waals surface area (Å²) in [7, 11) is 0. The van der Waals surface area contributed by atoms with Gasteiger partial charge in [-0.2, -0.15) is 0 Å². The summed E-state index contributed by atoms with van der Waals surface area (Å²) in [6.07, 6.45) is 4.26. The quantitative estimate of drug-likeness (QED) is 0.750. The number of aldehydes is 1. The Hall–Kier alpha value is -0.630. The molecule has 0 saturated heterocycles. The summed E-state index contributed by atoms with van der Waals surface area (Å²) in [5.41, 5.74) is 1.29. The van der Waals surface area contributed by atoms with Crippen LogP contribution in [0.4, 0.5) is 0 Å². The van der Waals surface area contributed by atoms with Crippen LogP contribution in [0.3, 0.4) is 0 Å². The lowest BCUT2D eigenvalue weighted by molar-refractivity contribution is -0.108. The highest BCUT2D eigenvalue weighted by Gasteiger charge is 2.32. The molecule has 1 unspecified atom stereocenters. The van der Waals surface area contributed by atoms with E-state index in [4.69, 9.17) is 0 Å². The van der Waals surface area contributed by atoms with Crippen molar-refractivity contribution < 1.29 is 4.79 Å². The van der Waals surface area contributed by atoms with Gasteiger partial charge in [-0.1, -0.05) is 34.1 Å². The van der Waals surface area contributed by atoms with Crippen molar-refractivity contribution in [2.75, 3.05) is 0 Å². The molecule has 0 aliphatic heterocycles. The first kappa shape index (κ1) is 9.91. The maximum atomic E-state index is 10.6. The Morgan fingerprint density at radius 2 is 2.14 bits per heavy atom. The fourth-order valence-electron chi connectivity index (χ4n) is 1.95. The zero-order chi connectivity index (χ0) is 9.97. The Morgan fingerprint density at radius 1 is 1.43 bits per heavy atom. The van der Waals surface area contributed by atoms with Crippen LogP contribution in [0, 0.1) is 5.92 Å². The molecule has 0 spiro atoms. The van der Waals surface area contributed by atoms with Crippen LogP contribution in [0.15, 0.2) is 28.7 Å². The number of hydrogen-bond donors (Lipinski definition) is 0. The fourth-order valence-corrected chi connectivity index (χ4v) is 2.53. The Kier molecular flexibility index (Phi) is 3.02. The molecule has 0 radical (unpaired) electrons. The van der Waals surface area contributed by atoms with Crippen LogP contribution in [0.2, 0.25) is 0 Å². The lowest BCUT2D eigenvalue weighted by Crippen LogP contribution is -2.02. The van der Waals surface area contributed by atoms with Crippen LogP contribution >= 0.6 is 15.9 Å². The number of carbonyl (C=O) groups excluding carboxylic acids is 1. The van der Waals surface area contributed by atoms with E-state index in [1.165, 1.54) is 18.4 Å². The molecule has 1 nitrogen and oxygen atoms in total. The maximum Gasteiger partial charge on any atom is 0.120 e. The first-order chi connectivity index (χ1) is 6.83. The molecule has 74 valence electrons. The van der Waals surface area contributed by atoms with Crippen molar-refractivity contribution in [3.8, 4) is 0 Å². The van der Waals surface area contributed by atoms with E-state index in [1.54, 1.807) is 0 Å². The molecule has 0 amide bonds. The highest BCUT2D eigenvalue weighted by Crippen LogP contribution is 2.45. The molecule has 1 saturated carbocycles. The van der Waals surface area contributed by atoms with E-state index in [0.29, 0.717) is 12.3 Å². The van der Waals surface area contributed by atoms with Crippen molar-refractivity contribution in [3.05, 3.63) is 34.3 Å². The molecule has 1 aliphatic carbocycles. The minimum Gasteiger partial charge on any atom is -0.303 e. The zero-order valence-corrected chi connectivity index (χ0v) is 9.53. The van der Waals surface area contributed by atoms with Gasteiger partial charge in [-0.05, 0) is 36.3 Å². The Labute approximate surface area is 92.6 Å². The van der Waals surface area contributed by atoms with E-state index in [0.717, 1.165) is 16.7 Å². The van der Waals surface area contributed by atoms with Crippen molar-refractivity contribution in [3.63, 3.8) is 0 Å². The van der Waals surface area contributed by atoms with Crippen LogP contribution in [0.1, 0.15) is 30.7 Å².